The highest BCUT2D eigenvalue weighted by Gasteiger charge is 2.33. The van der Waals surface area contributed by atoms with E-state index in [9.17, 15) is 9.59 Å². The summed E-state index contributed by atoms with van der Waals surface area (Å²) in [5.41, 5.74) is 0.922. The minimum Gasteiger partial charge on any atom is -0.372 e. The van der Waals surface area contributed by atoms with Crippen LogP contribution in [0.2, 0.25) is 5.02 Å². The van der Waals surface area contributed by atoms with E-state index in [0.717, 1.165) is 37.2 Å². The molecule has 3 aromatic rings. The standard InChI is InChI=1S/C27H31ClFN5O3/c1-17(2)30-25(35)16-33-26(19-4-3-5-20(28)12-19)31-34(27(33)36)21-7-6-18(24(29)13-21)10-11-32-14-22-8-9-23(15-32)37-22/h3-7,12-13,17,22-23H,8-11,14-16H2,1-2H3,(H,30,35). The van der Waals surface area contributed by atoms with Crippen LogP contribution in [-0.4, -0.2) is 63.0 Å². The Labute approximate surface area is 220 Å². The lowest BCUT2D eigenvalue weighted by Crippen LogP contribution is -2.43. The van der Waals surface area contributed by atoms with Crippen LogP contribution in [0.5, 0.6) is 0 Å². The molecule has 0 radical (unpaired) electrons. The number of nitrogens with zero attached hydrogens (tertiary/aromatic N) is 4. The predicted octanol–water partition coefficient (Wildman–Crippen LogP) is 3.42. The molecule has 2 aliphatic rings. The van der Waals surface area contributed by atoms with Gasteiger partial charge in [0.25, 0.3) is 0 Å². The third kappa shape index (κ3) is 5.79. The van der Waals surface area contributed by atoms with Crippen molar-refractivity contribution in [3.8, 4) is 17.1 Å². The minimum absolute atomic E-state index is 0.0814. The van der Waals surface area contributed by atoms with Crippen molar-refractivity contribution in [3.63, 3.8) is 0 Å². The van der Waals surface area contributed by atoms with Crippen molar-refractivity contribution in [2.24, 2.45) is 0 Å². The number of halogens is 2. The largest absolute Gasteiger partial charge is 0.372 e. The maximum atomic E-state index is 15.1. The van der Waals surface area contributed by atoms with Crippen molar-refractivity contribution < 1.29 is 13.9 Å². The average Bonchev–Trinajstić information content (AvgIpc) is 3.36. The summed E-state index contributed by atoms with van der Waals surface area (Å²) in [5.74, 6) is -0.437. The second-order valence-electron chi connectivity index (χ2n) is 10.1. The third-order valence-corrected chi connectivity index (χ3v) is 7.03. The minimum atomic E-state index is -0.537. The molecule has 2 unspecified atom stereocenters. The van der Waals surface area contributed by atoms with Crippen LogP contribution in [0, 0.1) is 5.82 Å². The molecule has 0 spiro atoms. The van der Waals surface area contributed by atoms with E-state index in [1.54, 1.807) is 36.4 Å². The van der Waals surface area contributed by atoms with Gasteiger partial charge in [-0.15, -0.1) is 5.10 Å². The fourth-order valence-electron chi connectivity index (χ4n) is 5.09. The second kappa shape index (κ2) is 10.8. The van der Waals surface area contributed by atoms with Crippen LogP contribution in [0.3, 0.4) is 0 Å². The molecule has 37 heavy (non-hydrogen) atoms. The lowest BCUT2D eigenvalue weighted by molar-refractivity contribution is -0.122. The summed E-state index contributed by atoms with van der Waals surface area (Å²) in [7, 11) is 0. The molecule has 0 saturated carbocycles. The molecule has 2 atom stereocenters. The first-order valence-corrected chi connectivity index (χ1v) is 13.1. The van der Waals surface area contributed by atoms with Crippen molar-refractivity contribution in [2.45, 2.75) is 57.9 Å². The molecule has 2 aliphatic heterocycles. The highest BCUT2D eigenvalue weighted by Crippen LogP contribution is 2.26. The molecule has 2 bridgehead atoms. The van der Waals surface area contributed by atoms with Gasteiger partial charge in [-0.1, -0.05) is 29.8 Å². The molecule has 2 fully saturated rings. The summed E-state index contributed by atoms with van der Waals surface area (Å²) < 4.78 is 23.4. The predicted molar refractivity (Wildman–Crippen MR) is 140 cm³/mol. The van der Waals surface area contributed by atoms with Crippen LogP contribution in [0.25, 0.3) is 17.1 Å². The van der Waals surface area contributed by atoms with Gasteiger partial charge < -0.3 is 10.1 Å². The Balaban J connectivity index is 1.40. The van der Waals surface area contributed by atoms with Crippen molar-refractivity contribution in [1.29, 1.82) is 0 Å². The number of hydrogen-bond donors (Lipinski definition) is 1. The first kappa shape index (κ1) is 25.6. The number of aromatic nitrogens is 3. The van der Waals surface area contributed by atoms with Crippen LogP contribution >= 0.6 is 11.6 Å². The van der Waals surface area contributed by atoms with E-state index in [1.165, 1.54) is 10.6 Å². The molecule has 1 amide bonds. The molecule has 0 aliphatic carbocycles. The second-order valence-corrected chi connectivity index (χ2v) is 10.5. The van der Waals surface area contributed by atoms with Crippen molar-refractivity contribution in [1.82, 2.24) is 24.6 Å². The fourth-order valence-corrected chi connectivity index (χ4v) is 5.28. The Kier molecular flexibility index (Phi) is 7.46. The van der Waals surface area contributed by atoms with Crippen LogP contribution in [0.4, 0.5) is 4.39 Å². The number of nitrogens with one attached hydrogen (secondary N) is 1. The molecule has 5 rings (SSSR count). The Hall–Kier alpha value is -3.01. The van der Waals surface area contributed by atoms with E-state index in [4.69, 9.17) is 16.3 Å². The molecular formula is C27H31ClFN5O3. The zero-order valence-corrected chi connectivity index (χ0v) is 21.7. The Morgan fingerprint density at radius 3 is 2.62 bits per heavy atom. The van der Waals surface area contributed by atoms with Gasteiger partial charge in [-0.3, -0.25) is 14.3 Å². The molecule has 1 N–H and O–H groups in total. The van der Waals surface area contributed by atoms with E-state index in [2.05, 4.69) is 15.3 Å². The Bertz CT molecular complexity index is 1340. The highest BCUT2D eigenvalue weighted by molar-refractivity contribution is 6.30. The van der Waals surface area contributed by atoms with Crippen LogP contribution in [0.15, 0.2) is 47.3 Å². The summed E-state index contributed by atoms with van der Waals surface area (Å²) in [4.78, 5) is 28.2. The molecule has 196 valence electrons. The smallest absolute Gasteiger partial charge is 0.351 e. The highest BCUT2D eigenvalue weighted by atomic mass is 35.5. The van der Waals surface area contributed by atoms with Gasteiger partial charge in [0.05, 0.1) is 17.9 Å². The quantitative estimate of drug-likeness (QED) is 0.485. The van der Waals surface area contributed by atoms with E-state index >= 15 is 4.39 Å². The van der Waals surface area contributed by atoms with Gasteiger partial charge in [0.15, 0.2) is 5.82 Å². The number of hydrogen-bond acceptors (Lipinski definition) is 5. The van der Waals surface area contributed by atoms with Crippen molar-refractivity contribution in [3.05, 3.63) is 69.4 Å². The number of fused-ring (bicyclic) bond motifs is 2. The maximum absolute atomic E-state index is 15.1. The Morgan fingerprint density at radius 1 is 1.19 bits per heavy atom. The van der Waals surface area contributed by atoms with E-state index < -0.39 is 11.5 Å². The van der Waals surface area contributed by atoms with Gasteiger partial charge in [0, 0.05) is 42.3 Å². The molecule has 10 heteroatoms. The summed E-state index contributed by atoms with van der Waals surface area (Å²) >= 11 is 6.17. The number of rotatable bonds is 8. The summed E-state index contributed by atoms with van der Waals surface area (Å²) in [5, 5.41) is 7.74. The number of ether oxygens (including phenoxy) is 1. The lowest BCUT2D eigenvalue weighted by atomic mass is 10.1. The van der Waals surface area contributed by atoms with E-state index in [-0.39, 0.29) is 24.3 Å². The molecule has 3 heterocycles. The first-order valence-electron chi connectivity index (χ1n) is 12.7. The van der Waals surface area contributed by atoms with Gasteiger partial charge in [0.2, 0.25) is 5.91 Å². The number of amides is 1. The first-order chi connectivity index (χ1) is 17.8. The number of morpholine rings is 1. The SMILES string of the molecule is CC(C)NC(=O)Cn1c(-c2cccc(Cl)c2)nn(-c2ccc(CCN3CC4CCC(C3)O4)c(F)c2)c1=O. The number of carbonyl (C=O) groups excluding carboxylic acids is 1. The molecular weight excluding hydrogens is 497 g/mol. The Morgan fingerprint density at radius 2 is 1.95 bits per heavy atom. The average molecular weight is 528 g/mol. The maximum Gasteiger partial charge on any atom is 0.351 e. The topological polar surface area (TPSA) is 81.4 Å². The van der Waals surface area contributed by atoms with Crippen molar-refractivity contribution in [2.75, 3.05) is 19.6 Å². The molecule has 2 aromatic carbocycles. The van der Waals surface area contributed by atoms with Gasteiger partial charge in [-0.25, -0.2) is 9.18 Å². The van der Waals surface area contributed by atoms with E-state index in [0.29, 0.717) is 40.5 Å². The zero-order valence-electron chi connectivity index (χ0n) is 21.0. The van der Waals surface area contributed by atoms with Gasteiger partial charge in [-0.05, 0) is 56.9 Å². The van der Waals surface area contributed by atoms with Crippen LogP contribution < -0.4 is 11.0 Å². The summed E-state index contributed by atoms with van der Waals surface area (Å²) in [6.45, 7) is 6.00. The van der Waals surface area contributed by atoms with Crippen LogP contribution in [-0.2, 0) is 22.5 Å². The normalized spacial score (nSPS) is 19.5. The molecule has 1 aromatic heterocycles. The number of likely N-dealkylation sites (tertiary alicyclic amines) is 1. The number of benzene rings is 2. The van der Waals surface area contributed by atoms with Gasteiger partial charge in [-0.2, -0.15) is 4.68 Å². The van der Waals surface area contributed by atoms with E-state index in [1.807, 2.05) is 13.8 Å². The number of carbonyl (C=O) groups is 1. The van der Waals surface area contributed by atoms with Crippen LogP contribution in [0.1, 0.15) is 32.3 Å². The van der Waals surface area contributed by atoms with Gasteiger partial charge >= 0.3 is 5.69 Å². The molecule has 2 saturated heterocycles. The fraction of sp³-hybridized carbons (Fsp3) is 0.444. The summed E-state index contributed by atoms with van der Waals surface area (Å²) in [6, 6.07) is 11.5. The van der Waals surface area contributed by atoms with Crippen molar-refractivity contribution >= 4 is 17.5 Å². The molecule has 8 nitrogen and oxygen atoms in total. The van der Waals surface area contributed by atoms with Gasteiger partial charge in [0.1, 0.15) is 12.4 Å². The summed E-state index contributed by atoms with van der Waals surface area (Å²) in [6.07, 6.45) is 3.36. The third-order valence-electron chi connectivity index (χ3n) is 6.79. The lowest BCUT2D eigenvalue weighted by Gasteiger charge is -2.32. The monoisotopic (exact) mass is 527 g/mol. The zero-order chi connectivity index (χ0) is 26.1.